The zero-order chi connectivity index (χ0) is 18.4. The molecule has 7 heteroatoms. The lowest BCUT2D eigenvalue weighted by atomic mass is 9.94. The molecule has 2 atom stereocenters. The van der Waals surface area contributed by atoms with Crippen LogP contribution in [0.15, 0.2) is 60.7 Å². The number of nitrogens with one attached hydrogen (secondary N) is 2. The van der Waals surface area contributed by atoms with E-state index in [0.717, 1.165) is 22.7 Å². The van der Waals surface area contributed by atoms with Crippen molar-refractivity contribution in [1.29, 1.82) is 0 Å². The molecule has 0 radical (unpaired) electrons. The Morgan fingerprint density at radius 1 is 1.12 bits per heavy atom. The van der Waals surface area contributed by atoms with Gasteiger partial charge in [-0.25, -0.2) is 4.79 Å². The van der Waals surface area contributed by atoms with E-state index >= 15 is 0 Å². The van der Waals surface area contributed by atoms with Gasteiger partial charge in [-0.1, -0.05) is 67.6 Å². The van der Waals surface area contributed by atoms with Gasteiger partial charge in [0.2, 0.25) is 5.13 Å². The minimum absolute atomic E-state index is 0.0266. The van der Waals surface area contributed by atoms with Crippen molar-refractivity contribution >= 4 is 22.7 Å². The predicted molar refractivity (Wildman–Crippen MR) is 103 cm³/mol. The summed E-state index contributed by atoms with van der Waals surface area (Å²) in [5, 5.41) is 15.6. The summed E-state index contributed by atoms with van der Waals surface area (Å²) in [6, 6.07) is 18.5. The van der Waals surface area contributed by atoms with Gasteiger partial charge in [0.25, 0.3) is 0 Å². The minimum Gasteiger partial charge on any atom is -0.394 e. The summed E-state index contributed by atoms with van der Waals surface area (Å²) in [6.07, 6.45) is 0. The molecule has 0 aliphatic rings. The van der Waals surface area contributed by atoms with Crippen LogP contribution in [0, 0.1) is 0 Å². The van der Waals surface area contributed by atoms with Gasteiger partial charge in [-0.3, -0.25) is 5.32 Å². The molecule has 0 spiro atoms. The molecule has 134 valence electrons. The molecule has 0 saturated carbocycles. The highest BCUT2D eigenvalue weighted by Crippen LogP contribution is 2.21. The third-order valence-electron chi connectivity index (χ3n) is 4.12. The molecule has 26 heavy (non-hydrogen) atoms. The number of nitrogens with zero attached hydrogens (tertiary/aromatic N) is 2. The molecule has 2 unspecified atom stereocenters. The maximum Gasteiger partial charge on any atom is 0.321 e. The summed E-state index contributed by atoms with van der Waals surface area (Å²) in [5.74, 6) is 0.545. The van der Waals surface area contributed by atoms with E-state index in [2.05, 4.69) is 20.0 Å². The summed E-state index contributed by atoms with van der Waals surface area (Å²) >= 11 is 1.12. The molecule has 3 aromatic rings. The van der Waals surface area contributed by atoms with Crippen LogP contribution in [-0.4, -0.2) is 33.1 Å². The van der Waals surface area contributed by atoms with E-state index in [4.69, 9.17) is 0 Å². The molecule has 1 heterocycles. The number of aromatic nitrogens is 2. The predicted octanol–water partition coefficient (Wildman–Crippen LogP) is 3.49. The van der Waals surface area contributed by atoms with Gasteiger partial charge in [-0.05, 0) is 5.56 Å². The number of hydrogen-bond acceptors (Lipinski definition) is 5. The van der Waals surface area contributed by atoms with E-state index in [0.29, 0.717) is 11.0 Å². The van der Waals surface area contributed by atoms with Gasteiger partial charge in [0.05, 0.1) is 12.6 Å². The van der Waals surface area contributed by atoms with Crippen molar-refractivity contribution in [2.75, 3.05) is 11.9 Å². The Morgan fingerprint density at radius 3 is 2.42 bits per heavy atom. The van der Waals surface area contributed by atoms with Gasteiger partial charge < -0.3 is 10.4 Å². The fourth-order valence-corrected chi connectivity index (χ4v) is 3.18. The topological polar surface area (TPSA) is 87.1 Å². The smallest absolute Gasteiger partial charge is 0.321 e. The maximum atomic E-state index is 12.3. The highest BCUT2D eigenvalue weighted by Gasteiger charge is 2.21. The number of carbonyl (C=O) groups excluding carboxylic acids is 1. The summed E-state index contributed by atoms with van der Waals surface area (Å²) < 4.78 is 4.26. The number of benzene rings is 2. The average molecular weight is 368 g/mol. The molecule has 2 aromatic carbocycles. The fraction of sp³-hybridized carbons (Fsp3) is 0.211. The zero-order valence-electron chi connectivity index (χ0n) is 14.3. The van der Waals surface area contributed by atoms with Crippen LogP contribution in [-0.2, 0) is 0 Å². The Labute approximate surface area is 156 Å². The lowest BCUT2D eigenvalue weighted by Gasteiger charge is -2.23. The normalized spacial score (nSPS) is 13.0. The maximum absolute atomic E-state index is 12.3. The second-order valence-electron chi connectivity index (χ2n) is 5.88. The first-order valence-electron chi connectivity index (χ1n) is 8.30. The third-order valence-corrected chi connectivity index (χ3v) is 4.75. The second kappa shape index (κ2) is 8.55. The van der Waals surface area contributed by atoms with Crippen LogP contribution in [0.4, 0.5) is 9.93 Å². The quantitative estimate of drug-likeness (QED) is 0.621. The van der Waals surface area contributed by atoms with Gasteiger partial charge in [-0.15, -0.1) is 0 Å². The molecule has 0 fully saturated rings. The van der Waals surface area contributed by atoms with E-state index in [9.17, 15) is 9.90 Å². The number of carbonyl (C=O) groups is 1. The van der Waals surface area contributed by atoms with E-state index in [1.807, 2.05) is 67.6 Å². The van der Waals surface area contributed by atoms with Gasteiger partial charge in [0.1, 0.15) is 0 Å². The van der Waals surface area contributed by atoms with Crippen LogP contribution in [0.25, 0.3) is 11.4 Å². The van der Waals surface area contributed by atoms with Crippen molar-refractivity contribution in [3.8, 4) is 11.4 Å². The Morgan fingerprint density at radius 2 is 1.77 bits per heavy atom. The van der Waals surface area contributed by atoms with Gasteiger partial charge in [0.15, 0.2) is 5.82 Å². The first-order chi connectivity index (χ1) is 12.7. The lowest BCUT2D eigenvalue weighted by molar-refractivity contribution is 0.215. The minimum atomic E-state index is -0.414. The number of anilines is 1. The van der Waals surface area contributed by atoms with Crippen molar-refractivity contribution in [2.24, 2.45) is 0 Å². The van der Waals surface area contributed by atoms with Crippen LogP contribution in [0.3, 0.4) is 0 Å². The van der Waals surface area contributed by atoms with Gasteiger partial charge >= 0.3 is 6.03 Å². The van der Waals surface area contributed by atoms with Crippen LogP contribution < -0.4 is 10.6 Å². The highest BCUT2D eigenvalue weighted by atomic mass is 32.1. The Hall–Kier alpha value is -2.77. The van der Waals surface area contributed by atoms with Crippen LogP contribution in [0.2, 0.25) is 0 Å². The Bertz CT molecular complexity index is 839. The van der Waals surface area contributed by atoms with Gasteiger partial charge in [0, 0.05) is 23.0 Å². The molecule has 6 nitrogen and oxygen atoms in total. The zero-order valence-corrected chi connectivity index (χ0v) is 15.1. The molecule has 0 aliphatic heterocycles. The van der Waals surface area contributed by atoms with Crippen molar-refractivity contribution < 1.29 is 9.90 Å². The molecular formula is C19H20N4O2S. The SMILES string of the molecule is CC(c1ccccc1)C(CO)NC(=O)Nc1nc(-c2ccccc2)ns1. The molecule has 0 saturated heterocycles. The monoisotopic (exact) mass is 368 g/mol. The van der Waals surface area contributed by atoms with E-state index < -0.39 is 12.1 Å². The van der Waals surface area contributed by atoms with E-state index in [1.54, 1.807) is 0 Å². The fourth-order valence-electron chi connectivity index (χ4n) is 2.60. The number of aliphatic hydroxyl groups is 1. The Kier molecular flexibility index (Phi) is 5.93. The molecular weight excluding hydrogens is 348 g/mol. The number of hydrogen-bond donors (Lipinski definition) is 3. The summed E-state index contributed by atoms with van der Waals surface area (Å²) in [6.45, 7) is 1.81. The number of urea groups is 1. The molecule has 1 aromatic heterocycles. The lowest BCUT2D eigenvalue weighted by Crippen LogP contribution is -2.43. The first kappa shape index (κ1) is 18.0. The molecule has 3 N–H and O–H groups in total. The highest BCUT2D eigenvalue weighted by molar-refractivity contribution is 7.10. The second-order valence-corrected chi connectivity index (χ2v) is 6.63. The van der Waals surface area contributed by atoms with Crippen molar-refractivity contribution in [1.82, 2.24) is 14.7 Å². The van der Waals surface area contributed by atoms with Crippen LogP contribution >= 0.6 is 11.5 Å². The molecule has 2 amide bonds. The summed E-state index contributed by atoms with van der Waals surface area (Å²) in [5.41, 5.74) is 1.94. The molecule has 0 aliphatic carbocycles. The number of rotatable bonds is 6. The number of amides is 2. The van der Waals surface area contributed by atoms with Gasteiger partial charge in [-0.2, -0.15) is 9.36 Å². The van der Waals surface area contributed by atoms with Crippen molar-refractivity contribution in [3.63, 3.8) is 0 Å². The first-order valence-corrected chi connectivity index (χ1v) is 9.07. The standard InChI is InChI=1S/C19H20N4O2S/c1-13(14-8-4-2-5-9-14)16(12-24)20-18(25)22-19-21-17(23-26-19)15-10-6-3-7-11-15/h2-11,13,16,24H,12H2,1H3,(H2,20,21,22,23,25). The molecule has 0 bridgehead atoms. The summed E-state index contributed by atoms with van der Waals surface area (Å²) in [4.78, 5) is 16.6. The Balaban J connectivity index is 1.62. The van der Waals surface area contributed by atoms with E-state index in [1.165, 1.54) is 0 Å². The van der Waals surface area contributed by atoms with E-state index in [-0.39, 0.29) is 12.5 Å². The van der Waals surface area contributed by atoms with Crippen LogP contribution in [0.1, 0.15) is 18.4 Å². The largest absolute Gasteiger partial charge is 0.394 e. The summed E-state index contributed by atoms with van der Waals surface area (Å²) in [7, 11) is 0. The molecule has 3 rings (SSSR count). The van der Waals surface area contributed by atoms with Crippen molar-refractivity contribution in [3.05, 3.63) is 66.2 Å². The van der Waals surface area contributed by atoms with Crippen molar-refractivity contribution in [2.45, 2.75) is 18.9 Å². The third kappa shape index (κ3) is 4.44. The van der Waals surface area contributed by atoms with Crippen LogP contribution in [0.5, 0.6) is 0 Å². The number of aliphatic hydroxyl groups excluding tert-OH is 1. The average Bonchev–Trinajstić information content (AvgIpc) is 3.15.